The molecule has 0 saturated carbocycles. The van der Waals surface area contributed by atoms with E-state index in [1.54, 1.807) is 6.92 Å². The normalized spacial score (nSPS) is 16.9. The third-order valence-electron chi connectivity index (χ3n) is 4.98. The van der Waals surface area contributed by atoms with Gasteiger partial charge in [0.2, 0.25) is 0 Å². The number of carbonyl (C=O) groups is 2. The molecule has 0 bridgehead atoms. The predicted octanol–water partition coefficient (Wildman–Crippen LogP) is 3.04. The van der Waals surface area contributed by atoms with E-state index in [1.807, 2.05) is 30.3 Å². The molecule has 0 unspecified atom stereocenters. The Hall–Kier alpha value is -2.57. The minimum Gasteiger partial charge on any atom is -0.337 e. The highest BCUT2D eigenvalue weighted by Crippen LogP contribution is 2.36. The van der Waals surface area contributed by atoms with Gasteiger partial charge in [0, 0.05) is 19.3 Å². The summed E-state index contributed by atoms with van der Waals surface area (Å²) in [6.07, 6.45) is 2.13. The van der Waals surface area contributed by atoms with Gasteiger partial charge in [-0.05, 0) is 31.4 Å². The van der Waals surface area contributed by atoms with Gasteiger partial charge < -0.3 is 4.90 Å². The number of ketones is 1. The monoisotopic (exact) mass is 347 g/mol. The fourth-order valence-electron chi connectivity index (χ4n) is 3.49. The summed E-state index contributed by atoms with van der Waals surface area (Å²) in [5.41, 5.74) is 0.179. The number of alkyl halides is 2. The molecule has 0 atom stereocenters. The van der Waals surface area contributed by atoms with Gasteiger partial charge >= 0.3 is 6.55 Å². The molecule has 1 fully saturated rings. The fourth-order valence-corrected chi connectivity index (χ4v) is 3.49. The molecule has 25 heavy (non-hydrogen) atoms. The third-order valence-corrected chi connectivity index (χ3v) is 4.98. The predicted molar refractivity (Wildman–Crippen MR) is 87.4 cm³/mol. The number of nitrogens with zero attached hydrogens (tertiary/aromatic N) is 3. The number of piperidine rings is 1. The number of likely N-dealkylation sites (tertiary alicyclic amines) is 1. The number of carbonyl (C=O) groups excluding carboxylic acids is 2. The van der Waals surface area contributed by atoms with Crippen molar-refractivity contribution in [3.8, 4) is 0 Å². The molecule has 132 valence electrons. The number of benzene rings is 1. The lowest BCUT2D eigenvalue weighted by Crippen LogP contribution is -2.48. The number of amides is 1. The standard InChI is InChI=1S/C18H19F2N3O2/c1-13(24)18(14-5-3-2-4-6-14)8-11-22(12-9-18)16(25)15-7-10-21-23(15)17(19)20/h2-7,10,17H,8-9,11-12H2,1H3. The quantitative estimate of drug-likeness (QED) is 0.854. The molecule has 1 amide bonds. The van der Waals surface area contributed by atoms with Crippen LogP contribution in [0.1, 0.15) is 42.4 Å². The maximum absolute atomic E-state index is 12.9. The summed E-state index contributed by atoms with van der Waals surface area (Å²) < 4.78 is 26.3. The van der Waals surface area contributed by atoms with Gasteiger partial charge in [0.25, 0.3) is 5.91 Å². The van der Waals surface area contributed by atoms with Crippen molar-refractivity contribution in [3.05, 3.63) is 53.9 Å². The summed E-state index contributed by atoms with van der Waals surface area (Å²) in [4.78, 5) is 26.4. The second kappa shape index (κ2) is 6.74. The number of hydrogen-bond donors (Lipinski definition) is 0. The van der Waals surface area contributed by atoms with Crippen LogP contribution in [-0.4, -0.2) is 39.5 Å². The van der Waals surface area contributed by atoms with Crippen LogP contribution in [0, 0.1) is 0 Å². The van der Waals surface area contributed by atoms with Crippen LogP contribution in [0.15, 0.2) is 42.6 Å². The van der Waals surface area contributed by atoms with Crippen LogP contribution in [-0.2, 0) is 10.2 Å². The van der Waals surface area contributed by atoms with Crippen LogP contribution in [0.3, 0.4) is 0 Å². The first kappa shape index (κ1) is 17.3. The highest BCUT2D eigenvalue weighted by Gasteiger charge is 2.41. The van der Waals surface area contributed by atoms with Gasteiger partial charge in [0.05, 0.1) is 5.41 Å². The number of aromatic nitrogens is 2. The molecule has 1 saturated heterocycles. The van der Waals surface area contributed by atoms with Crippen LogP contribution in [0.25, 0.3) is 0 Å². The van der Waals surface area contributed by atoms with Gasteiger partial charge in [0.1, 0.15) is 11.5 Å². The molecule has 0 aliphatic carbocycles. The van der Waals surface area contributed by atoms with Crippen molar-refractivity contribution in [1.82, 2.24) is 14.7 Å². The van der Waals surface area contributed by atoms with Gasteiger partial charge in [0.15, 0.2) is 0 Å². The van der Waals surface area contributed by atoms with Crippen molar-refractivity contribution in [3.63, 3.8) is 0 Å². The van der Waals surface area contributed by atoms with E-state index in [1.165, 1.54) is 17.2 Å². The first-order chi connectivity index (χ1) is 12.0. The molecule has 7 heteroatoms. The number of Topliss-reactive ketones (excluding diaryl/α,β-unsaturated/α-hetero) is 1. The molecule has 2 aromatic rings. The molecule has 2 heterocycles. The van der Waals surface area contributed by atoms with Crippen molar-refractivity contribution in [2.75, 3.05) is 13.1 Å². The van der Waals surface area contributed by atoms with Gasteiger partial charge in [-0.2, -0.15) is 18.6 Å². The van der Waals surface area contributed by atoms with Crippen LogP contribution in [0.4, 0.5) is 8.78 Å². The fraction of sp³-hybridized carbons (Fsp3) is 0.389. The average molecular weight is 347 g/mol. The third kappa shape index (κ3) is 3.06. The molecule has 0 N–H and O–H groups in total. The second-order valence-corrected chi connectivity index (χ2v) is 6.24. The molecule has 5 nitrogen and oxygen atoms in total. The van der Waals surface area contributed by atoms with E-state index in [9.17, 15) is 18.4 Å². The molecule has 0 spiro atoms. The summed E-state index contributed by atoms with van der Waals surface area (Å²) in [6.45, 7) is -0.626. The van der Waals surface area contributed by atoms with Crippen molar-refractivity contribution >= 4 is 11.7 Å². The Morgan fingerprint density at radius 3 is 2.32 bits per heavy atom. The maximum atomic E-state index is 12.9. The zero-order valence-corrected chi connectivity index (χ0v) is 13.9. The maximum Gasteiger partial charge on any atom is 0.333 e. The molecule has 0 radical (unpaired) electrons. The minimum atomic E-state index is -2.86. The SMILES string of the molecule is CC(=O)C1(c2ccccc2)CCN(C(=O)c2ccnn2C(F)F)CC1. The van der Waals surface area contributed by atoms with Crippen molar-refractivity contribution < 1.29 is 18.4 Å². The number of rotatable bonds is 4. The lowest BCUT2D eigenvalue weighted by molar-refractivity contribution is -0.124. The average Bonchev–Trinajstić information content (AvgIpc) is 3.12. The van der Waals surface area contributed by atoms with Gasteiger partial charge in [-0.25, -0.2) is 0 Å². The van der Waals surface area contributed by atoms with Crippen molar-refractivity contribution in [2.45, 2.75) is 31.7 Å². The van der Waals surface area contributed by atoms with Crippen molar-refractivity contribution in [2.24, 2.45) is 0 Å². The molecular formula is C18H19F2N3O2. The first-order valence-electron chi connectivity index (χ1n) is 8.13. The number of halogens is 2. The highest BCUT2D eigenvalue weighted by molar-refractivity contribution is 5.93. The summed E-state index contributed by atoms with van der Waals surface area (Å²) in [5, 5.41) is 3.50. The number of hydrogen-bond acceptors (Lipinski definition) is 3. The lowest BCUT2D eigenvalue weighted by Gasteiger charge is -2.40. The largest absolute Gasteiger partial charge is 0.337 e. The van der Waals surface area contributed by atoms with Crippen LogP contribution >= 0.6 is 0 Å². The molecule has 1 aliphatic rings. The Kier molecular flexibility index (Phi) is 4.65. The first-order valence-corrected chi connectivity index (χ1v) is 8.13. The smallest absolute Gasteiger partial charge is 0.333 e. The Balaban J connectivity index is 1.79. The van der Waals surface area contributed by atoms with E-state index in [2.05, 4.69) is 5.10 Å². The summed E-state index contributed by atoms with van der Waals surface area (Å²) in [5.74, 6) is -0.425. The van der Waals surface area contributed by atoms with E-state index >= 15 is 0 Å². The Bertz CT molecular complexity index is 766. The van der Waals surface area contributed by atoms with E-state index in [0.29, 0.717) is 30.6 Å². The zero-order valence-electron chi connectivity index (χ0n) is 13.9. The van der Waals surface area contributed by atoms with E-state index in [-0.39, 0.29) is 11.5 Å². The van der Waals surface area contributed by atoms with E-state index < -0.39 is 17.9 Å². The minimum absolute atomic E-state index is 0.0587. The van der Waals surface area contributed by atoms with Crippen LogP contribution in [0.2, 0.25) is 0 Å². The molecule has 1 aliphatic heterocycles. The van der Waals surface area contributed by atoms with Crippen molar-refractivity contribution in [1.29, 1.82) is 0 Å². The lowest BCUT2D eigenvalue weighted by atomic mass is 9.70. The summed E-state index contributed by atoms with van der Waals surface area (Å²) in [7, 11) is 0. The van der Waals surface area contributed by atoms with E-state index in [4.69, 9.17) is 0 Å². The summed E-state index contributed by atoms with van der Waals surface area (Å²) >= 11 is 0. The molecule has 3 rings (SSSR count). The Morgan fingerprint density at radius 2 is 1.76 bits per heavy atom. The van der Waals surface area contributed by atoms with E-state index in [0.717, 1.165) is 5.56 Å². The Morgan fingerprint density at radius 1 is 1.12 bits per heavy atom. The Labute approximate surface area is 144 Å². The van der Waals surface area contributed by atoms with Crippen LogP contribution < -0.4 is 0 Å². The highest BCUT2D eigenvalue weighted by atomic mass is 19.3. The van der Waals surface area contributed by atoms with Gasteiger partial charge in [-0.15, -0.1) is 0 Å². The van der Waals surface area contributed by atoms with Gasteiger partial charge in [-0.3, -0.25) is 9.59 Å². The molecule has 1 aromatic heterocycles. The molecule has 1 aromatic carbocycles. The molecular weight excluding hydrogens is 328 g/mol. The zero-order chi connectivity index (χ0) is 18.0. The second-order valence-electron chi connectivity index (χ2n) is 6.24. The van der Waals surface area contributed by atoms with Crippen LogP contribution in [0.5, 0.6) is 0 Å². The topological polar surface area (TPSA) is 55.2 Å². The van der Waals surface area contributed by atoms with Gasteiger partial charge in [-0.1, -0.05) is 30.3 Å². The summed E-state index contributed by atoms with van der Waals surface area (Å²) in [6, 6.07) is 10.8.